The zero-order valence-electron chi connectivity index (χ0n) is 10.8. The van der Waals surface area contributed by atoms with Crippen LogP contribution in [0, 0.1) is 11.8 Å². The number of rotatable bonds is 2. The van der Waals surface area contributed by atoms with E-state index in [1.165, 1.54) is 35.8 Å². The summed E-state index contributed by atoms with van der Waals surface area (Å²) >= 11 is 1.75. The zero-order chi connectivity index (χ0) is 12.5. The van der Waals surface area contributed by atoms with Crippen LogP contribution in [0.4, 0.5) is 0 Å². The molecule has 1 N–H and O–H groups in total. The first-order chi connectivity index (χ1) is 8.75. The lowest BCUT2D eigenvalue weighted by Crippen LogP contribution is -2.19. The maximum Gasteiger partial charge on any atom is 0.0832 e. The van der Waals surface area contributed by atoms with Crippen molar-refractivity contribution in [2.24, 2.45) is 11.8 Å². The minimum atomic E-state index is -0.270. The third-order valence-electron chi connectivity index (χ3n) is 4.34. The first kappa shape index (κ1) is 12.2. The standard InChI is InChI=1S/C16H20OS/c1-11-6-8-12(9-7-11)16(17)14-10-18-15-5-3-2-4-13(14)15/h2-5,10-12,16-17H,6-9H2,1H3. The minimum Gasteiger partial charge on any atom is -0.388 e. The number of fused-ring (bicyclic) bond motifs is 1. The number of aliphatic hydroxyl groups is 1. The van der Waals surface area contributed by atoms with Crippen LogP contribution in [0.3, 0.4) is 0 Å². The van der Waals surface area contributed by atoms with Gasteiger partial charge in [0.1, 0.15) is 0 Å². The van der Waals surface area contributed by atoms with Gasteiger partial charge < -0.3 is 5.11 Å². The van der Waals surface area contributed by atoms with E-state index in [1.807, 2.05) is 0 Å². The van der Waals surface area contributed by atoms with E-state index in [0.717, 1.165) is 11.5 Å². The molecule has 0 spiro atoms. The van der Waals surface area contributed by atoms with Crippen molar-refractivity contribution in [2.45, 2.75) is 38.7 Å². The lowest BCUT2D eigenvalue weighted by molar-refractivity contribution is 0.0770. The summed E-state index contributed by atoms with van der Waals surface area (Å²) < 4.78 is 1.29. The summed E-state index contributed by atoms with van der Waals surface area (Å²) in [6, 6.07) is 8.40. The lowest BCUT2D eigenvalue weighted by Gasteiger charge is -2.29. The summed E-state index contributed by atoms with van der Waals surface area (Å²) in [6.07, 6.45) is 4.61. The smallest absolute Gasteiger partial charge is 0.0832 e. The first-order valence-corrected chi connectivity index (χ1v) is 7.78. The minimum absolute atomic E-state index is 0.270. The molecule has 1 atom stereocenters. The van der Waals surface area contributed by atoms with Crippen molar-refractivity contribution >= 4 is 21.4 Å². The Balaban J connectivity index is 1.85. The van der Waals surface area contributed by atoms with E-state index in [0.29, 0.717) is 5.92 Å². The molecule has 1 aromatic heterocycles. The number of benzene rings is 1. The average Bonchev–Trinajstić information content (AvgIpc) is 2.82. The summed E-state index contributed by atoms with van der Waals surface area (Å²) in [5.74, 6) is 1.30. The molecule has 1 nitrogen and oxygen atoms in total. The van der Waals surface area contributed by atoms with Gasteiger partial charge in [0, 0.05) is 4.70 Å². The number of thiophene rings is 1. The van der Waals surface area contributed by atoms with E-state index < -0.39 is 0 Å². The van der Waals surface area contributed by atoms with Crippen LogP contribution in [-0.2, 0) is 0 Å². The van der Waals surface area contributed by atoms with Gasteiger partial charge in [0.2, 0.25) is 0 Å². The molecule has 1 aliphatic carbocycles. The molecule has 1 fully saturated rings. The highest BCUT2D eigenvalue weighted by Gasteiger charge is 2.27. The second-order valence-corrected chi connectivity index (χ2v) is 6.56. The SMILES string of the molecule is CC1CCC(C(O)c2csc3ccccc23)CC1. The van der Waals surface area contributed by atoms with Gasteiger partial charge in [-0.2, -0.15) is 0 Å². The molecule has 18 heavy (non-hydrogen) atoms. The third-order valence-corrected chi connectivity index (χ3v) is 5.32. The van der Waals surface area contributed by atoms with Gasteiger partial charge in [-0.1, -0.05) is 38.0 Å². The first-order valence-electron chi connectivity index (χ1n) is 6.90. The summed E-state index contributed by atoms with van der Waals surface area (Å²) in [4.78, 5) is 0. The molecular formula is C16H20OS. The molecule has 1 heterocycles. The number of aliphatic hydroxyl groups excluding tert-OH is 1. The van der Waals surface area contributed by atoms with Gasteiger partial charge in [-0.05, 0) is 47.1 Å². The van der Waals surface area contributed by atoms with Crippen molar-refractivity contribution in [2.75, 3.05) is 0 Å². The van der Waals surface area contributed by atoms with Crippen LogP contribution in [0.15, 0.2) is 29.6 Å². The van der Waals surface area contributed by atoms with Crippen molar-refractivity contribution in [3.63, 3.8) is 0 Å². The Labute approximate surface area is 112 Å². The van der Waals surface area contributed by atoms with Crippen LogP contribution in [-0.4, -0.2) is 5.11 Å². The molecule has 3 rings (SSSR count). The summed E-state index contributed by atoms with van der Waals surface area (Å²) in [5, 5.41) is 14.0. The highest BCUT2D eigenvalue weighted by molar-refractivity contribution is 7.17. The molecule has 0 aliphatic heterocycles. The second kappa shape index (κ2) is 5.02. The number of hydrogen-bond acceptors (Lipinski definition) is 2. The molecule has 1 aromatic carbocycles. The second-order valence-electron chi connectivity index (χ2n) is 5.65. The van der Waals surface area contributed by atoms with Gasteiger partial charge in [0.05, 0.1) is 6.10 Å². The summed E-state index contributed by atoms with van der Waals surface area (Å²) in [6.45, 7) is 2.32. The van der Waals surface area contributed by atoms with Gasteiger partial charge in [-0.3, -0.25) is 0 Å². The maximum absolute atomic E-state index is 10.6. The van der Waals surface area contributed by atoms with E-state index in [9.17, 15) is 5.11 Å². The average molecular weight is 260 g/mol. The molecule has 0 radical (unpaired) electrons. The zero-order valence-corrected chi connectivity index (χ0v) is 11.6. The van der Waals surface area contributed by atoms with E-state index in [-0.39, 0.29) is 6.10 Å². The van der Waals surface area contributed by atoms with Crippen LogP contribution >= 0.6 is 11.3 Å². The monoisotopic (exact) mass is 260 g/mol. The van der Waals surface area contributed by atoms with Crippen LogP contribution in [0.5, 0.6) is 0 Å². The Bertz CT molecular complexity index is 523. The molecule has 1 aliphatic rings. The fraction of sp³-hybridized carbons (Fsp3) is 0.500. The van der Waals surface area contributed by atoms with Crippen molar-refractivity contribution in [3.05, 3.63) is 35.2 Å². The van der Waals surface area contributed by atoms with Crippen molar-refractivity contribution < 1.29 is 5.11 Å². The van der Waals surface area contributed by atoms with E-state index in [1.54, 1.807) is 11.3 Å². The van der Waals surface area contributed by atoms with E-state index >= 15 is 0 Å². The fourth-order valence-electron chi connectivity index (χ4n) is 3.08. The summed E-state index contributed by atoms with van der Waals surface area (Å²) in [7, 11) is 0. The Kier molecular flexibility index (Phi) is 3.40. The van der Waals surface area contributed by atoms with Crippen LogP contribution in [0.25, 0.3) is 10.1 Å². The highest BCUT2D eigenvalue weighted by atomic mass is 32.1. The van der Waals surface area contributed by atoms with Crippen LogP contribution < -0.4 is 0 Å². The Morgan fingerprint density at radius 1 is 1.17 bits per heavy atom. The fourth-order valence-corrected chi connectivity index (χ4v) is 4.07. The molecule has 1 unspecified atom stereocenters. The van der Waals surface area contributed by atoms with Crippen LogP contribution in [0.1, 0.15) is 44.3 Å². The van der Waals surface area contributed by atoms with Gasteiger partial charge in [0.15, 0.2) is 0 Å². The van der Waals surface area contributed by atoms with E-state index in [4.69, 9.17) is 0 Å². The molecule has 2 aromatic rings. The van der Waals surface area contributed by atoms with Gasteiger partial charge in [-0.25, -0.2) is 0 Å². The van der Waals surface area contributed by atoms with Crippen molar-refractivity contribution in [3.8, 4) is 0 Å². The summed E-state index contributed by atoms with van der Waals surface area (Å²) in [5.41, 5.74) is 1.15. The molecule has 1 saturated carbocycles. The lowest BCUT2D eigenvalue weighted by atomic mass is 9.78. The Hall–Kier alpha value is -0.860. The topological polar surface area (TPSA) is 20.2 Å². The third kappa shape index (κ3) is 2.19. The largest absolute Gasteiger partial charge is 0.388 e. The van der Waals surface area contributed by atoms with Crippen LogP contribution in [0.2, 0.25) is 0 Å². The Morgan fingerprint density at radius 2 is 1.89 bits per heavy atom. The van der Waals surface area contributed by atoms with E-state index in [2.05, 4.69) is 36.6 Å². The quantitative estimate of drug-likeness (QED) is 0.825. The molecule has 0 saturated heterocycles. The highest BCUT2D eigenvalue weighted by Crippen LogP contribution is 2.40. The van der Waals surface area contributed by atoms with Gasteiger partial charge in [0.25, 0.3) is 0 Å². The maximum atomic E-state index is 10.6. The normalized spacial score (nSPS) is 26.3. The molecule has 2 heteroatoms. The Morgan fingerprint density at radius 3 is 2.67 bits per heavy atom. The van der Waals surface area contributed by atoms with Crippen molar-refractivity contribution in [1.29, 1.82) is 0 Å². The number of hydrogen-bond donors (Lipinski definition) is 1. The van der Waals surface area contributed by atoms with Gasteiger partial charge in [-0.15, -0.1) is 11.3 Å². The molecule has 0 bridgehead atoms. The molecule has 96 valence electrons. The predicted molar refractivity (Wildman–Crippen MR) is 77.9 cm³/mol. The predicted octanol–water partition coefficient (Wildman–Crippen LogP) is 4.76. The van der Waals surface area contributed by atoms with Gasteiger partial charge >= 0.3 is 0 Å². The molecule has 0 amide bonds. The van der Waals surface area contributed by atoms with Crippen molar-refractivity contribution in [1.82, 2.24) is 0 Å². The molecular weight excluding hydrogens is 240 g/mol.